The first-order chi connectivity index (χ1) is 6.24. The van der Waals surface area contributed by atoms with Gasteiger partial charge in [-0.25, -0.2) is 4.98 Å². The third-order valence-corrected chi connectivity index (χ3v) is 2.05. The molecule has 0 saturated carbocycles. The molecule has 0 spiro atoms. The molecule has 1 aromatic heterocycles. The van der Waals surface area contributed by atoms with Crippen LogP contribution < -0.4 is 0 Å². The van der Waals surface area contributed by atoms with Crippen LogP contribution in [0.4, 0.5) is 0 Å². The minimum atomic E-state index is 0.215. The van der Waals surface area contributed by atoms with Gasteiger partial charge >= 0.3 is 0 Å². The molecule has 64 valence electrons. The normalized spacial score (nSPS) is 8.38. The van der Waals surface area contributed by atoms with E-state index in [0.29, 0.717) is 5.15 Å². The van der Waals surface area contributed by atoms with Crippen LogP contribution in [0.5, 0.6) is 0 Å². The van der Waals surface area contributed by atoms with E-state index >= 15 is 0 Å². The van der Waals surface area contributed by atoms with Crippen LogP contribution in [-0.2, 0) is 0 Å². The number of nitriles is 1. The molecule has 0 saturated heterocycles. The zero-order valence-electron chi connectivity index (χ0n) is 6.51. The largest absolute Gasteiger partial charge is 0.243 e. The summed E-state index contributed by atoms with van der Waals surface area (Å²) in [6.45, 7) is 0. The number of rotatable bonds is 0. The summed E-state index contributed by atoms with van der Waals surface area (Å²) in [5.74, 6) is 5.50. The lowest BCUT2D eigenvalue weighted by Gasteiger charge is -1.94. The molecule has 0 aliphatic carbocycles. The van der Waals surface area contributed by atoms with Crippen molar-refractivity contribution < 1.29 is 0 Å². The van der Waals surface area contributed by atoms with Crippen LogP contribution in [0.3, 0.4) is 0 Å². The summed E-state index contributed by atoms with van der Waals surface area (Å²) in [6.07, 6.45) is 1.80. The first-order valence-electron chi connectivity index (χ1n) is 3.41. The van der Waals surface area contributed by atoms with Crippen molar-refractivity contribution in [3.8, 4) is 17.9 Å². The summed E-state index contributed by atoms with van der Waals surface area (Å²) in [6, 6.07) is 3.58. The molecule has 1 heterocycles. The monoisotopic (exact) mass is 254 g/mol. The van der Waals surface area contributed by atoms with Crippen molar-refractivity contribution in [1.82, 2.24) is 4.98 Å². The summed E-state index contributed by atoms with van der Waals surface area (Å²) >= 11 is 8.94. The van der Waals surface area contributed by atoms with Crippen LogP contribution >= 0.6 is 27.5 Å². The topological polar surface area (TPSA) is 36.7 Å². The molecule has 0 radical (unpaired) electrons. The number of halogens is 2. The number of hydrogen-bond acceptors (Lipinski definition) is 2. The van der Waals surface area contributed by atoms with Crippen LogP contribution in [0.15, 0.2) is 16.7 Å². The summed E-state index contributed by atoms with van der Waals surface area (Å²) < 4.78 is 0.780. The molecule has 0 fully saturated rings. The maximum atomic E-state index is 8.27. The average molecular weight is 256 g/mol. The van der Waals surface area contributed by atoms with E-state index in [0.717, 1.165) is 10.0 Å². The molecule has 0 N–H and O–H groups in total. The van der Waals surface area contributed by atoms with E-state index < -0.39 is 0 Å². The van der Waals surface area contributed by atoms with Crippen LogP contribution in [0.2, 0.25) is 5.15 Å². The van der Waals surface area contributed by atoms with Crippen molar-refractivity contribution in [1.29, 1.82) is 5.26 Å². The second-order valence-electron chi connectivity index (χ2n) is 2.12. The highest BCUT2D eigenvalue weighted by molar-refractivity contribution is 9.10. The average Bonchev–Trinajstić information content (AvgIpc) is 2.11. The fraction of sp³-hybridized carbons (Fsp3) is 0.111. The van der Waals surface area contributed by atoms with E-state index in [1.54, 1.807) is 12.3 Å². The third-order valence-electron chi connectivity index (χ3n) is 1.21. The second kappa shape index (κ2) is 4.87. The standard InChI is InChI=1S/C9H4BrClN2/c10-8-6-13-9(11)5-7(8)3-1-2-4-12/h5-6H,2H2. The Morgan fingerprint density at radius 3 is 3.08 bits per heavy atom. The summed E-state index contributed by atoms with van der Waals surface area (Å²) in [5.41, 5.74) is 0.746. The molecule has 0 aromatic carbocycles. The molecule has 0 aliphatic heterocycles. The van der Waals surface area contributed by atoms with Gasteiger partial charge in [0.05, 0.1) is 17.0 Å². The SMILES string of the molecule is N#CCC#Cc1cc(Cl)ncc1Br. The molecule has 0 atom stereocenters. The highest BCUT2D eigenvalue weighted by atomic mass is 79.9. The minimum Gasteiger partial charge on any atom is -0.243 e. The van der Waals surface area contributed by atoms with Crippen molar-refractivity contribution in [3.63, 3.8) is 0 Å². The maximum Gasteiger partial charge on any atom is 0.130 e. The van der Waals surface area contributed by atoms with Gasteiger partial charge in [0.2, 0.25) is 0 Å². The Morgan fingerprint density at radius 1 is 1.62 bits per heavy atom. The molecule has 1 aromatic rings. The Balaban J connectivity index is 2.97. The molecule has 0 unspecified atom stereocenters. The van der Waals surface area contributed by atoms with Gasteiger partial charge in [-0.1, -0.05) is 23.4 Å². The van der Waals surface area contributed by atoms with Crippen molar-refractivity contribution in [2.45, 2.75) is 6.42 Å². The van der Waals surface area contributed by atoms with Crippen LogP contribution in [-0.4, -0.2) is 4.98 Å². The van der Waals surface area contributed by atoms with Crippen molar-refractivity contribution in [2.24, 2.45) is 0 Å². The van der Waals surface area contributed by atoms with E-state index in [1.165, 1.54) is 0 Å². The van der Waals surface area contributed by atoms with Crippen molar-refractivity contribution in [2.75, 3.05) is 0 Å². The second-order valence-corrected chi connectivity index (χ2v) is 3.37. The van der Waals surface area contributed by atoms with Gasteiger partial charge in [0.25, 0.3) is 0 Å². The lowest BCUT2D eigenvalue weighted by Crippen LogP contribution is -1.81. The van der Waals surface area contributed by atoms with Gasteiger partial charge in [0.15, 0.2) is 0 Å². The van der Waals surface area contributed by atoms with E-state index in [2.05, 4.69) is 32.8 Å². The van der Waals surface area contributed by atoms with Gasteiger partial charge in [0, 0.05) is 11.8 Å². The predicted octanol–water partition coefficient (Wildman–Crippen LogP) is 2.76. The van der Waals surface area contributed by atoms with Crippen LogP contribution in [0, 0.1) is 23.2 Å². The number of pyridine rings is 1. The third kappa shape index (κ3) is 3.06. The smallest absolute Gasteiger partial charge is 0.130 e. The fourth-order valence-corrected chi connectivity index (χ4v) is 1.16. The molecular formula is C9H4BrClN2. The van der Waals surface area contributed by atoms with Gasteiger partial charge in [-0.3, -0.25) is 0 Å². The fourth-order valence-electron chi connectivity index (χ4n) is 0.688. The number of aromatic nitrogens is 1. The Morgan fingerprint density at radius 2 is 2.38 bits per heavy atom. The van der Waals surface area contributed by atoms with Gasteiger partial charge < -0.3 is 0 Å². The molecule has 0 aliphatic rings. The molecule has 0 bridgehead atoms. The van der Waals surface area contributed by atoms with Crippen molar-refractivity contribution in [3.05, 3.63) is 27.5 Å². The van der Waals surface area contributed by atoms with Gasteiger partial charge in [-0.2, -0.15) is 5.26 Å². The molecule has 0 amide bonds. The summed E-state index contributed by atoms with van der Waals surface area (Å²) in [5, 5.41) is 8.66. The Bertz CT molecular complexity index is 412. The van der Waals surface area contributed by atoms with E-state index in [9.17, 15) is 0 Å². The minimum absolute atomic E-state index is 0.215. The van der Waals surface area contributed by atoms with E-state index in [1.807, 2.05) is 6.07 Å². The first-order valence-corrected chi connectivity index (χ1v) is 4.58. The highest BCUT2D eigenvalue weighted by Gasteiger charge is 1.97. The quantitative estimate of drug-likeness (QED) is 0.528. The van der Waals surface area contributed by atoms with E-state index in [-0.39, 0.29) is 6.42 Å². The number of hydrogen-bond donors (Lipinski definition) is 0. The van der Waals surface area contributed by atoms with Gasteiger partial charge in [-0.05, 0) is 22.0 Å². The highest BCUT2D eigenvalue weighted by Crippen LogP contribution is 2.17. The maximum absolute atomic E-state index is 8.27. The molecule has 2 nitrogen and oxygen atoms in total. The Kier molecular flexibility index (Phi) is 3.76. The number of nitrogens with zero attached hydrogens (tertiary/aromatic N) is 2. The van der Waals surface area contributed by atoms with Gasteiger partial charge in [-0.15, -0.1) is 0 Å². The zero-order chi connectivity index (χ0) is 9.68. The molecular weight excluding hydrogens is 251 g/mol. The molecule has 13 heavy (non-hydrogen) atoms. The Labute approximate surface area is 89.7 Å². The molecule has 4 heteroatoms. The van der Waals surface area contributed by atoms with E-state index in [4.69, 9.17) is 16.9 Å². The van der Waals surface area contributed by atoms with Crippen molar-refractivity contribution >= 4 is 27.5 Å². The first kappa shape index (κ1) is 10.1. The molecule has 1 rings (SSSR count). The Hall–Kier alpha value is -1.03. The van der Waals surface area contributed by atoms with Gasteiger partial charge in [0.1, 0.15) is 5.15 Å². The summed E-state index contributed by atoms with van der Waals surface area (Å²) in [7, 11) is 0. The van der Waals surface area contributed by atoms with Crippen LogP contribution in [0.1, 0.15) is 12.0 Å². The zero-order valence-corrected chi connectivity index (χ0v) is 8.85. The summed E-state index contributed by atoms with van der Waals surface area (Å²) in [4.78, 5) is 3.85. The van der Waals surface area contributed by atoms with Crippen LogP contribution in [0.25, 0.3) is 0 Å². The lowest BCUT2D eigenvalue weighted by molar-refractivity contribution is 1.30. The lowest BCUT2D eigenvalue weighted by atomic mass is 10.2. The predicted molar refractivity (Wildman–Crippen MR) is 54.1 cm³/mol.